The molecule has 2 heteroatoms. The molecule has 2 nitrogen and oxygen atoms in total. The zero-order valence-corrected chi connectivity index (χ0v) is 12.0. The Bertz CT molecular complexity index is 412. The second-order valence-corrected chi connectivity index (χ2v) is 5.81. The quantitative estimate of drug-likeness (QED) is 0.854. The molecule has 100 valence electrons. The van der Waals surface area contributed by atoms with Crippen LogP contribution in [0.5, 0.6) is 5.75 Å². The van der Waals surface area contributed by atoms with Gasteiger partial charge in [0.05, 0.1) is 6.04 Å². The lowest BCUT2D eigenvalue weighted by Crippen LogP contribution is -2.23. The summed E-state index contributed by atoms with van der Waals surface area (Å²) in [4.78, 5) is 0. The van der Waals surface area contributed by atoms with Crippen LogP contribution in [-0.4, -0.2) is 13.2 Å². The third-order valence-corrected chi connectivity index (χ3v) is 4.10. The van der Waals surface area contributed by atoms with Crippen molar-refractivity contribution in [3.63, 3.8) is 0 Å². The van der Waals surface area contributed by atoms with Crippen molar-refractivity contribution in [1.29, 1.82) is 0 Å². The van der Waals surface area contributed by atoms with E-state index >= 15 is 0 Å². The highest BCUT2D eigenvalue weighted by molar-refractivity contribution is 5.44. The number of hydrogen-bond donors (Lipinski definition) is 1. The molecule has 1 aromatic rings. The average Bonchev–Trinajstić information content (AvgIpc) is 2.78. The van der Waals surface area contributed by atoms with E-state index in [0.29, 0.717) is 6.04 Å². The van der Waals surface area contributed by atoms with E-state index in [-0.39, 0.29) is 5.41 Å². The molecule has 0 radical (unpaired) electrons. The van der Waals surface area contributed by atoms with Gasteiger partial charge in [-0.3, -0.25) is 0 Å². The molecule has 0 spiro atoms. The molecule has 1 aromatic carbocycles. The van der Waals surface area contributed by atoms with E-state index in [4.69, 9.17) is 4.74 Å². The first-order chi connectivity index (χ1) is 8.58. The Morgan fingerprint density at radius 2 is 2.11 bits per heavy atom. The molecular weight excluding hydrogens is 222 g/mol. The van der Waals surface area contributed by atoms with E-state index in [1.165, 1.54) is 11.1 Å². The van der Waals surface area contributed by atoms with Crippen molar-refractivity contribution in [3.05, 3.63) is 29.3 Å². The smallest absolute Gasteiger partial charge is 0.124 e. The fourth-order valence-electron chi connectivity index (χ4n) is 2.33. The molecule has 0 bridgehead atoms. The van der Waals surface area contributed by atoms with E-state index in [0.717, 1.165) is 31.7 Å². The van der Waals surface area contributed by atoms with Crippen molar-refractivity contribution in [2.24, 2.45) is 0 Å². The molecule has 1 N–H and O–H groups in total. The first-order valence-electron chi connectivity index (χ1n) is 7.09. The Balaban J connectivity index is 2.25. The predicted molar refractivity (Wildman–Crippen MR) is 76.3 cm³/mol. The highest BCUT2D eigenvalue weighted by atomic mass is 16.5. The van der Waals surface area contributed by atoms with Crippen LogP contribution < -0.4 is 10.1 Å². The van der Waals surface area contributed by atoms with Crippen LogP contribution in [0, 0.1) is 0 Å². The first-order valence-corrected chi connectivity index (χ1v) is 7.09. The number of ether oxygens (including phenoxy) is 1. The molecule has 0 amide bonds. The summed E-state index contributed by atoms with van der Waals surface area (Å²) in [6.45, 7) is 10.9. The van der Waals surface area contributed by atoms with Crippen LogP contribution in [0.15, 0.2) is 18.2 Å². The number of benzene rings is 1. The Morgan fingerprint density at radius 1 is 1.33 bits per heavy atom. The summed E-state index contributed by atoms with van der Waals surface area (Å²) in [5.41, 5.74) is 2.99. The van der Waals surface area contributed by atoms with Crippen molar-refractivity contribution < 1.29 is 4.74 Å². The van der Waals surface area contributed by atoms with E-state index in [2.05, 4.69) is 51.2 Å². The van der Waals surface area contributed by atoms with Gasteiger partial charge in [0.1, 0.15) is 12.4 Å². The van der Waals surface area contributed by atoms with Crippen LogP contribution in [0.4, 0.5) is 0 Å². The van der Waals surface area contributed by atoms with Crippen molar-refractivity contribution in [3.8, 4) is 5.75 Å². The third kappa shape index (κ3) is 2.54. The second kappa shape index (κ2) is 5.31. The predicted octanol–water partition coefficient (Wildman–Crippen LogP) is 3.81. The molecule has 1 aliphatic heterocycles. The van der Waals surface area contributed by atoms with Crippen LogP contribution in [0.3, 0.4) is 0 Å². The summed E-state index contributed by atoms with van der Waals surface area (Å²) in [6.07, 6.45) is 2.31. The van der Waals surface area contributed by atoms with Gasteiger partial charge in [0.25, 0.3) is 0 Å². The summed E-state index contributed by atoms with van der Waals surface area (Å²) in [6, 6.07) is 7.05. The van der Waals surface area contributed by atoms with Crippen LogP contribution in [0.1, 0.15) is 57.7 Å². The normalized spacial score (nSPS) is 18.6. The van der Waals surface area contributed by atoms with Gasteiger partial charge in [0.15, 0.2) is 0 Å². The second-order valence-electron chi connectivity index (χ2n) is 5.81. The van der Waals surface area contributed by atoms with Crippen LogP contribution >= 0.6 is 0 Å². The molecule has 1 atom stereocenters. The molecule has 1 unspecified atom stereocenters. The van der Waals surface area contributed by atoms with Gasteiger partial charge in [0.2, 0.25) is 0 Å². The van der Waals surface area contributed by atoms with E-state index in [1.807, 2.05) is 0 Å². The molecule has 18 heavy (non-hydrogen) atoms. The van der Waals surface area contributed by atoms with Crippen LogP contribution in [0.25, 0.3) is 0 Å². The van der Waals surface area contributed by atoms with Gasteiger partial charge in [-0.15, -0.1) is 0 Å². The number of hydrogen-bond acceptors (Lipinski definition) is 2. The van der Waals surface area contributed by atoms with E-state index < -0.39 is 0 Å². The number of nitrogens with one attached hydrogen (secondary N) is 1. The highest BCUT2D eigenvalue weighted by Gasteiger charge is 2.26. The maximum Gasteiger partial charge on any atom is 0.124 e. The highest BCUT2D eigenvalue weighted by Crippen LogP contribution is 2.37. The van der Waals surface area contributed by atoms with Gasteiger partial charge in [-0.2, -0.15) is 0 Å². The Hall–Kier alpha value is -1.02. The Morgan fingerprint density at radius 3 is 2.78 bits per heavy atom. The monoisotopic (exact) mass is 247 g/mol. The van der Waals surface area contributed by atoms with Crippen molar-refractivity contribution in [2.45, 2.75) is 52.0 Å². The molecular formula is C16H25NO. The molecule has 0 aromatic heterocycles. The summed E-state index contributed by atoms with van der Waals surface area (Å²) < 4.78 is 5.75. The van der Waals surface area contributed by atoms with E-state index in [1.54, 1.807) is 0 Å². The van der Waals surface area contributed by atoms with Crippen molar-refractivity contribution in [1.82, 2.24) is 5.32 Å². The van der Waals surface area contributed by atoms with E-state index in [9.17, 15) is 0 Å². The van der Waals surface area contributed by atoms with Crippen molar-refractivity contribution >= 4 is 0 Å². The Labute approximate surface area is 111 Å². The molecule has 1 aliphatic rings. The lowest BCUT2D eigenvalue weighted by Gasteiger charge is -2.24. The average molecular weight is 247 g/mol. The molecule has 2 rings (SSSR count). The first kappa shape index (κ1) is 13.4. The Kier molecular flexibility index (Phi) is 3.96. The SMILES string of the molecule is CCCNC1COc2ccc(C(C)(C)CC)cc21. The summed E-state index contributed by atoms with van der Waals surface area (Å²) in [7, 11) is 0. The van der Waals surface area contributed by atoms with Crippen LogP contribution in [-0.2, 0) is 5.41 Å². The minimum Gasteiger partial charge on any atom is -0.491 e. The zero-order chi connectivity index (χ0) is 13.2. The van der Waals surface area contributed by atoms with Gasteiger partial charge in [0, 0.05) is 5.56 Å². The summed E-state index contributed by atoms with van der Waals surface area (Å²) in [5.74, 6) is 1.05. The minimum absolute atomic E-state index is 0.243. The van der Waals surface area contributed by atoms with Gasteiger partial charge in [-0.25, -0.2) is 0 Å². The summed E-state index contributed by atoms with van der Waals surface area (Å²) in [5, 5.41) is 3.56. The fourth-order valence-corrected chi connectivity index (χ4v) is 2.33. The van der Waals surface area contributed by atoms with Crippen molar-refractivity contribution in [2.75, 3.05) is 13.2 Å². The van der Waals surface area contributed by atoms with Gasteiger partial charge >= 0.3 is 0 Å². The molecule has 1 heterocycles. The standard InChI is InChI=1S/C16H25NO/c1-5-9-17-14-11-18-15-8-7-12(10-13(14)15)16(3,4)6-2/h7-8,10,14,17H,5-6,9,11H2,1-4H3. The topological polar surface area (TPSA) is 21.3 Å². The molecule has 0 aliphatic carbocycles. The number of rotatable bonds is 5. The van der Waals surface area contributed by atoms with Gasteiger partial charge < -0.3 is 10.1 Å². The number of fused-ring (bicyclic) bond motifs is 1. The maximum atomic E-state index is 5.75. The lowest BCUT2D eigenvalue weighted by molar-refractivity contribution is 0.311. The lowest BCUT2D eigenvalue weighted by atomic mass is 9.81. The molecule has 0 fully saturated rings. The third-order valence-electron chi connectivity index (χ3n) is 4.10. The molecule has 0 saturated carbocycles. The minimum atomic E-state index is 0.243. The fraction of sp³-hybridized carbons (Fsp3) is 0.625. The molecule has 0 saturated heterocycles. The van der Waals surface area contributed by atoms with Gasteiger partial charge in [-0.1, -0.05) is 33.8 Å². The van der Waals surface area contributed by atoms with Crippen LogP contribution in [0.2, 0.25) is 0 Å². The summed E-state index contributed by atoms with van der Waals surface area (Å²) >= 11 is 0. The zero-order valence-electron chi connectivity index (χ0n) is 12.0. The largest absolute Gasteiger partial charge is 0.491 e. The maximum absolute atomic E-state index is 5.75. The van der Waals surface area contributed by atoms with Gasteiger partial charge in [-0.05, 0) is 42.5 Å².